The summed E-state index contributed by atoms with van der Waals surface area (Å²) in [5.41, 5.74) is -1.03. The van der Waals surface area contributed by atoms with Gasteiger partial charge in [0.05, 0.1) is 12.7 Å². The molecule has 0 radical (unpaired) electrons. The fourth-order valence-electron chi connectivity index (χ4n) is 1.92. The number of aliphatic hydroxyl groups is 1. The molecule has 1 aliphatic rings. The molecule has 1 saturated carbocycles. The summed E-state index contributed by atoms with van der Waals surface area (Å²) >= 11 is 0. The van der Waals surface area contributed by atoms with Crippen LogP contribution in [0.15, 0.2) is 18.2 Å². The standard InChI is InChI=1S/C12H14F2O2/c1-11(13,14)8-4-3-5-9(16-2)10(8)12(15)6-7-12/h3-5,15H,6-7H2,1-2H3. The third-order valence-corrected chi connectivity index (χ3v) is 2.91. The zero-order chi connectivity index (χ0) is 12.0. The van der Waals surface area contributed by atoms with Crippen molar-refractivity contribution in [1.29, 1.82) is 0 Å². The van der Waals surface area contributed by atoms with Gasteiger partial charge in [-0.2, -0.15) is 0 Å². The quantitative estimate of drug-likeness (QED) is 0.862. The molecule has 2 rings (SSSR count). The molecule has 0 aromatic heterocycles. The minimum Gasteiger partial charge on any atom is -0.496 e. The zero-order valence-corrected chi connectivity index (χ0v) is 9.26. The molecular weight excluding hydrogens is 214 g/mol. The molecular formula is C12H14F2O2. The average Bonchev–Trinajstić information content (AvgIpc) is 2.95. The zero-order valence-electron chi connectivity index (χ0n) is 9.26. The highest BCUT2D eigenvalue weighted by molar-refractivity contribution is 5.48. The Hall–Kier alpha value is -1.16. The van der Waals surface area contributed by atoms with E-state index in [0.29, 0.717) is 18.6 Å². The molecule has 1 fully saturated rings. The van der Waals surface area contributed by atoms with E-state index >= 15 is 0 Å². The molecule has 1 aromatic carbocycles. The van der Waals surface area contributed by atoms with Crippen molar-refractivity contribution in [3.05, 3.63) is 29.3 Å². The monoisotopic (exact) mass is 228 g/mol. The van der Waals surface area contributed by atoms with Crippen molar-refractivity contribution in [3.8, 4) is 5.75 Å². The van der Waals surface area contributed by atoms with Gasteiger partial charge in [-0.15, -0.1) is 0 Å². The summed E-state index contributed by atoms with van der Waals surface area (Å²) in [6, 6.07) is 4.45. The van der Waals surface area contributed by atoms with Crippen LogP contribution in [0.25, 0.3) is 0 Å². The number of benzene rings is 1. The van der Waals surface area contributed by atoms with Gasteiger partial charge >= 0.3 is 0 Å². The van der Waals surface area contributed by atoms with E-state index < -0.39 is 11.5 Å². The maximum Gasteiger partial charge on any atom is 0.271 e. The summed E-state index contributed by atoms with van der Waals surface area (Å²) in [6.45, 7) is 0.830. The maximum atomic E-state index is 13.4. The van der Waals surface area contributed by atoms with Crippen molar-refractivity contribution in [2.45, 2.75) is 31.3 Å². The van der Waals surface area contributed by atoms with E-state index in [-0.39, 0.29) is 11.1 Å². The van der Waals surface area contributed by atoms with Gasteiger partial charge in [-0.1, -0.05) is 12.1 Å². The van der Waals surface area contributed by atoms with Gasteiger partial charge in [0.1, 0.15) is 5.75 Å². The normalized spacial score (nSPS) is 18.3. The van der Waals surface area contributed by atoms with Crippen LogP contribution in [0, 0.1) is 0 Å². The molecule has 0 heterocycles. The summed E-state index contributed by atoms with van der Waals surface area (Å²) in [5.74, 6) is -2.64. The topological polar surface area (TPSA) is 29.5 Å². The number of hydrogen-bond acceptors (Lipinski definition) is 2. The van der Waals surface area contributed by atoms with Crippen molar-refractivity contribution in [2.24, 2.45) is 0 Å². The molecule has 0 aliphatic heterocycles. The second-order valence-electron chi connectivity index (χ2n) is 4.30. The Morgan fingerprint density at radius 2 is 2.00 bits per heavy atom. The van der Waals surface area contributed by atoms with Crippen molar-refractivity contribution >= 4 is 0 Å². The summed E-state index contributed by atoms with van der Waals surface area (Å²) in [4.78, 5) is 0. The molecule has 4 heteroatoms. The first kappa shape index (κ1) is 11.3. The number of ether oxygens (including phenoxy) is 1. The van der Waals surface area contributed by atoms with Crippen LogP contribution in [0.3, 0.4) is 0 Å². The van der Waals surface area contributed by atoms with Crippen LogP contribution in [-0.4, -0.2) is 12.2 Å². The van der Waals surface area contributed by atoms with E-state index in [9.17, 15) is 13.9 Å². The lowest BCUT2D eigenvalue weighted by Gasteiger charge is -2.21. The van der Waals surface area contributed by atoms with E-state index in [1.54, 1.807) is 6.07 Å². The summed E-state index contributed by atoms with van der Waals surface area (Å²) in [6.07, 6.45) is 1.02. The Morgan fingerprint density at radius 1 is 1.38 bits per heavy atom. The van der Waals surface area contributed by atoms with Crippen molar-refractivity contribution in [2.75, 3.05) is 7.11 Å². The number of rotatable bonds is 3. The van der Waals surface area contributed by atoms with Gasteiger partial charge in [0, 0.05) is 18.1 Å². The SMILES string of the molecule is COc1cccc(C(C)(F)F)c1C1(O)CC1. The summed E-state index contributed by atoms with van der Waals surface area (Å²) in [7, 11) is 1.42. The second kappa shape index (κ2) is 3.42. The van der Waals surface area contributed by atoms with E-state index in [0.717, 1.165) is 6.92 Å². The fraction of sp³-hybridized carbons (Fsp3) is 0.500. The first-order valence-electron chi connectivity index (χ1n) is 5.17. The molecule has 1 aromatic rings. The van der Waals surface area contributed by atoms with Crippen LogP contribution in [0.2, 0.25) is 0 Å². The highest BCUT2D eigenvalue weighted by atomic mass is 19.3. The van der Waals surface area contributed by atoms with Crippen molar-refractivity contribution < 1.29 is 18.6 Å². The van der Waals surface area contributed by atoms with Crippen LogP contribution in [0.5, 0.6) is 5.75 Å². The number of methoxy groups -OCH3 is 1. The van der Waals surface area contributed by atoms with Gasteiger partial charge < -0.3 is 9.84 Å². The van der Waals surface area contributed by atoms with Gasteiger partial charge in [0.25, 0.3) is 5.92 Å². The number of halogens is 2. The van der Waals surface area contributed by atoms with Gasteiger partial charge in [-0.05, 0) is 18.9 Å². The van der Waals surface area contributed by atoms with E-state index in [1.165, 1.54) is 19.2 Å². The highest BCUT2D eigenvalue weighted by Gasteiger charge is 2.48. The molecule has 88 valence electrons. The molecule has 16 heavy (non-hydrogen) atoms. The van der Waals surface area contributed by atoms with E-state index in [1.807, 2.05) is 0 Å². The lowest BCUT2D eigenvalue weighted by molar-refractivity contribution is 0.0120. The molecule has 1 N–H and O–H groups in total. The van der Waals surface area contributed by atoms with Crippen molar-refractivity contribution in [1.82, 2.24) is 0 Å². The molecule has 0 unspecified atom stereocenters. The lowest BCUT2D eigenvalue weighted by Crippen LogP contribution is -2.18. The third-order valence-electron chi connectivity index (χ3n) is 2.91. The third kappa shape index (κ3) is 1.78. The molecule has 0 amide bonds. The van der Waals surface area contributed by atoms with Crippen LogP contribution in [0.1, 0.15) is 30.9 Å². The maximum absolute atomic E-state index is 13.4. The molecule has 0 saturated heterocycles. The predicted molar refractivity (Wildman–Crippen MR) is 55.7 cm³/mol. The van der Waals surface area contributed by atoms with Gasteiger partial charge in [-0.3, -0.25) is 0 Å². The highest BCUT2D eigenvalue weighted by Crippen LogP contribution is 2.52. The molecule has 0 atom stereocenters. The van der Waals surface area contributed by atoms with Crippen LogP contribution in [-0.2, 0) is 11.5 Å². The molecule has 0 spiro atoms. The molecule has 2 nitrogen and oxygen atoms in total. The Morgan fingerprint density at radius 3 is 2.44 bits per heavy atom. The predicted octanol–water partition coefficient (Wildman–Crippen LogP) is 2.79. The minimum atomic E-state index is -2.97. The Kier molecular flexibility index (Phi) is 2.42. The van der Waals surface area contributed by atoms with Crippen LogP contribution >= 0.6 is 0 Å². The Labute approximate surface area is 92.9 Å². The largest absolute Gasteiger partial charge is 0.496 e. The van der Waals surface area contributed by atoms with E-state index in [2.05, 4.69) is 0 Å². The van der Waals surface area contributed by atoms with Crippen LogP contribution < -0.4 is 4.74 Å². The second-order valence-corrected chi connectivity index (χ2v) is 4.30. The fourth-order valence-corrected chi connectivity index (χ4v) is 1.92. The first-order chi connectivity index (χ1) is 7.38. The van der Waals surface area contributed by atoms with Crippen LogP contribution in [0.4, 0.5) is 8.78 Å². The van der Waals surface area contributed by atoms with Gasteiger partial charge in [0.2, 0.25) is 0 Å². The summed E-state index contributed by atoms with van der Waals surface area (Å²) < 4.78 is 31.9. The number of hydrogen-bond donors (Lipinski definition) is 1. The van der Waals surface area contributed by atoms with E-state index in [4.69, 9.17) is 4.74 Å². The first-order valence-corrected chi connectivity index (χ1v) is 5.17. The van der Waals surface area contributed by atoms with Crippen molar-refractivity contribution in [3.63, 3.8) is 0 Å². The number of alkyl halides is 2. The smallest absolute Gasteiger partial charge is 0.271 e. The molecule has 1 aliphatic carbocycles. The average molecular weight is 228 g/mol. The minimum absolute atomic E-state index is 0.146. The van der Waals surface area contributed by atoms with Gasteiger partial charge in [0.15, 0.2) is 0 Å². The Bertz CT molecular complexity index is 406. The summed E-state index contributed by atoms with van der Waals surface area (Å²) in [5, 5.41) is 10.0. The van der Waals surface area contributed by atoms with Gasteiger partial charge in [-0.25, -0.2) is 8.78 Å². The Balaban J connectivity index is 2.61. The molecule has 0 bridgehead atoms. The lowest BCUT2D eigenvalue weighted by atomic mass is 9.95.